The van der Waals surface area contributed by atoms with E-state index < -0.39 is 15.7 Å². The van der Waals surface area contributed by atoms with Crippen LogP contribution in [0.4, 0.5) is 4.79 Å². The van der Waals surface area contributed by atoms with Crippen LogP contribution in [0.1, 0.15) is 45.4 Å². The molecule has 0 bridgehead atoms. The van der Waals surface area contributed by atoms with Crippen LogP contribution in [0.3, 0.4) is 0 Å². The lowest BCUT2D eigenvalue weighted by atomic mass is 9.83. The fraction of sp³-hybridized carbons (Fsp3) is 0.737. The van der Waals surface area contributed by atoms with Gasteiger partial charge >= 0.3 is 6.09 Å². The number of hydrogen-bond acceptors (Lipinski definition) is 8. The summed E-state index contributed by atoms with van der Waals surface area (Å²) in [5.41, 5.74) is 0.674. The highest BCUT2D eigenvalue weighted by Gasteiger charge is 2.39. The van der Waals surface area contributed by atoms with E-state index in [-0.39, 0.29) is 24.5 Å². The molecule has 1 atom stereocenters. The first-order valence-electron chi connectivity index (χ1n) is 9.63. The third-order valence-electron chi connectivity index (χ3n) is 4.66. The van der Waals surface area contributed by atoms with E-state index in [0.717, 1.165) is 18.4 Å². The van der Waals surface area contributed by atoms with E-state index in [0.29, 0.717) is 35.4 Å². The van der Waals surface area contributed by atoms with E-state index in [4.69, 9.17) is 20.5 Å². The van der Waals surface area contributed by atoms with Crippen molar-refractivity contribution in [2.45, 2.75) is 57.7 Å². The van der Waals surface area contributed by atoms with Crippen molar-refractivity contribution in [3.8, 4) is 0 Å². The summed E-state index contributed by atoms with van der Waals surface area (Å²) in [5, 5.41) is 0.848. The molecule has 0 aromatic carbocycles. The van der Waals surface area contributed by atoms with Crippen LogP contribution in [-0.2, 0) is 31.9 Å². The Hall–Kier alpha value is -1.10. The lowest BCUT2D eigenvalue weighted by molar-refractivity contribution is 0.0275. The summed E-state index contributed by atoms with van der Waals surface area (Å²) < 4.78 is 32.9. The summed E-state index contributed by atoms with van der Waals surface area (Å²) in [4.78, 5) is 23.1. The van der Waals surface area contributed by atoms with Gasteiger partial charge in [0.2, 0.25) is 0 Å². The van der Waals surface area contributed by atoms with E-state index in [9.17, 15) is 13.2 Å². The van der Waals surface area contributed by atoms with Crippen molar-refractivity contribution in [2.75, 3.05) is 32.2 Å². The largest absolute Gasteiger partial charge is 0.444 e. The number of nitrogens with zero attached hydrogens (tertiary/aromatic N) is 3. The number of carbonyl (C=O) groups is 1. The Morgan fingerprint density at radius 3 is 2.57 bits per heavy atom. The lowest BCUT2D eigenvalue weighted by Gasteiger charge is -2.27. The van der Waals surface area contributed by atoms with Gasteiger partial charge in [-0.1, -0.05) is 30.3 Å². The molecule has 8 nitrogen and oxygen atoms in total. The zero-order chi connectivity index (χ0) is 22.7. The van der Waals surface area contributed by atoms with Gasteiger partial charge in [0.1, 0.15) is 10.8 Å². The van der Waals surface area contributed by atoms with Crippen LogP contribution in [0.25, 0.3) is 0 Å². The number of thioether (sulfide) groups is 1. The van der Waals surface area contributed by atoms with E-state index in [1.807, 2.05) is 27.0 Å². The molecule has 0 unspecified atom stereocenters. The molecule has 1 fully saturated rings. The first-order chi connectivity index (χ1) is 13.7. The van der Waals surface area contributed by atoms with Crippen molar-refractivity contribution >= 4 is 39.6 Å². The van der Waals surface area contributed by atoms with Gasteiger partial charge in [-0.3, -0.25) is 4.18 Å². The van der Waals surface area contributed by atoms with Gasteiger partial charge < -0.3 is 9.64 Å². The number of rotatable bonds is 7. The standard InChI is InChI=1S/C19H30ClN3O5S2/c1-18(2,3)28-17(24)23-9-8-19(4,12-23)11-14-13(7-10-27-30(6,25)26)15(20)22-16(21-14)29-5/h7-12H2,1-6H3/t19-/m1/s1. The normalized spacial score (nSPS) is 19.9. The molecule has 1 aliphatic heterocycles. The van der Waals surface area contributed by atoms with Crippen molar-refractivity contribution in [1.29, 1.82) is 0 Å². The maximum atomic E-state index is 12.4. The summed E-state index contributed by atoms with van der Waals surface area (Å²) >= 11 is 7.78. The van der Waals surface area contributed by atoms with E-state index in [1.165, 1.54) is 11.8 Å². The molecule has 2 heterocycles. The lowest BCUT2D eigenvalue weighted by Crippen LogP contribution is -2.37. The molecule has 0 radical (unpaired) electrons. The van der Waals surface area contributed by atoms with Gasteiger partial charge in [0.05, 0.1) is 18.6 Å². The highest BCUT2D eigenvalue weighted by atomic mass is 35.5. The summed E-state index contributed by atoms with van der Waals surface area (Å²) in [7, 11) is -3.55. The van der Waals surface area contributed by atoms with Crippen LogP contribution in [0, 0.1) is 5.41 Å². The number of likely N-dealkylation sites (tertiary alicyclic amines) is 1. The minimum atomic E-state index is -3.55. The van der Waals surface area contributed by atoms with Crippen molar-refractivity contribution in [1.82, 2.24) is 14.9 Å². The third-order valence-corrected chi connectivity index (χ3v) is 6.11. The molecule has 1 aromatic heterocycles. The Bertz CT molecular complexity index is 889. The fourth-order valence-corrected chi connectivity index (χ4v) is 4.42. The highest BCUT2D eigenvalue weighted by molar-refractivity contribution is 7.98. The van der Waals surface area contributed by atoms with Crippen LogP contribution in [0.15, 0.2) is 5.16 Å². The maximum Gasteiger partial charge on any atom is 0.410 e. The van der Waals surface area contributed by atoms with E-state index in [1.54, 1.807) is 4.90 Å². The molecule has 1 aromatic rings. The highest BCUT2D eigenvalue weighted by Crippen LogP contribution is 2.36. The average molecular weight is 480 g/mol. The predicted molar refractivity (Wildman–Crippen MR) is 118 cm³/mol. The van der Waals surface area contributed by atoms with Gasteiger partial charge in [0, 0.05) is 25.1 Å². The predicted octanol–water partition coefficient (Wildman–Crippen LogP) is 3.56. The molecule has 30 heavy (non-hydrogen) atoms. The van der Waals surface area contributed by atoms with Crippen LogP contribution < -0.4 is 0 Å². The van der Waals surface area contributed by atoms with E-state index in [2.05, 4.69) is 16.9 Å². The molecule has 11 heteroatoms. The molecule has 0 N–H and O–H groups in total. The Morgan fingerprint density at radius 2 is 2.00 bits per heavy atom. The van der Waals surface area contributed by atoms with Crippen molar-refractivity contribution in [3.63, 3.8) is 0 Å². The number of carbonyl (C=O) groups excluding carboxylic acids is 1. The quantitative estimate of drug-likeness (QED) is 0.253. The SMILES string of the molecule is CSc1nc(Cl)c(CCOS(C)(=O)=O)c(C[C@@]2(C)CCN(C(=O)OC(C)(C)C)C2)n1. The second kappa shape index (κ2) is 9.58. The Morgan fingerprint density at radius 1 is 1.33 bits per heavy atom. The van der Waals surface area contributed by atoms with Gasteiger partial charge in [-0.25, -0.2) is 14.8 Å². The fourth-order valence-electron chi connectivity index (χ4n) is 3.31. The van der Waals surface area contributed by atoms with Crippen LogP contribution >= 0.6 is 23.4 Å². The zero-order valence-electron chi connectivity index (χ0n) is 18.3. The van der Waals surface area contributed by atoms with Crippen molar-refractivity contribution in [2.24, 2.45) is 5.41 Å². The molecule has 0 spiro atoms. The van der Waals surface area contributed by atoms with Crippen LogP contribution in [-0.4, -0.2) is 67.2 Å². The molecule has 0 aliphatic carbocycles. The molecule has 0 saturated carbocycles. The van der Waals surface area contributed by atoms with Gasteiger partial charge in [-0.2, -0.15) is 8.42 Å². The second-order valence-corrected chi connectivity index (χ2v) is 11.6. The van der Waals surface area contributed by atoms with Crippen molar-refractivity contribution in [3.05, 3.63) is 16.4 Å². The van der Waals surface area contributed by atoms with Crippen LogP contribution in [0.2, 0.25) is 5.15 Å². The van der Waals surface area contributed by atoms with Gasteiger partial charge in [0.15, 0.2) is 5.16 Å². The van der Waals surface area contributed by atoms with Gasteiger partial charge in [-0.15, -0.1) is 0 Å². The minimum Gasteiger partial charge on any atom is -0.444 e. The topological polar surface area (TPSA) is 98.7 Å². The number of hydrogen-bond donors (Lipinski definition) is 0. The molecule has 2 rings (SSSR count). The third kappa shape index (κ3) is 7.55. The molecule has 170 valence electrons. The summed E-state index contributed by atoms with van der Waals surface area (Å²) in [6, 6.07) is 0. The Labute approximate surface area is 188 Å². The Kier molecular flexibility index (Phi) is 8.04. The van der Waals surface area contributed by atoms with Gasteiger partial charge in [0.25, 0.3) is 10.1 Å². The van der Waals surface area contributed by atoms with Gasteiger partial charge in [-0.05, 0) is 45.3 Å². The smallest absolute Gasteiger partial charge is 0.410 e. The molecule has 1 saturated heterocycles. The first-order valence-corrected chi connectivity index (χ1v) is 13.0. The monoisotopic (exact) mass is 479 g/mol. The maximum absolute atomic E-state index is 12.4. The number of ether oxygens (including phenoxy) is 1. The zero-order valence-corrected chi connectivity index (χ0v) is 20.7. The number of aromatic nitrogens is 2. The first kappa shape index (κ1) is 25.2. The second-order valence-electron chi connectivity index (χ2n) is 8.84. The molecular weight excluding hydrogens is 450 g/mol. The van der Waals surface area contributed by atoms with Crippen molar-refractivity contribution < 1.29 is 22.1 Å². The number of halogens is 1. The summed E-state index contributed by atoms with van der Waals surface area (Å²) in [5.74, 6) is 0. The molecule has 1 amide bonds. The average Bonchev–Trinajstić information content (AvgIpc) is 2.96. The minimum absolute atomic E-state index is 0.0335. The Balaban J connectivity index is 2.19. The molecular formula is C19H30ClN3O5S2. The van der Waals surface area contributed by atoms with Crippen LogP contribution in [0.5, 0.6) is 0 Å². The summed E-state index contributed by atoms with van der Waals surface area (Å²) in [6.45, 7) is 8.74. The molecule has 1 aliphatic rings. The number of amides is 1. The van der Waals surface area contributed by atoms with E-state index >= 15 is 0 Å². The summed E-state index contributed by atoms with van der Waals surface area (Å²) in [6.07, 6.45) is 4.20.